The van der Waals surface area contributed by atoms with Crippen LogP contribution in [0.4, 0.5) is 0 Å². The summed E-state index contributed by atoms with van der Waals surface area (Å²) in [5.41, 5.74) is 0. The smallest absolute Gasteiger partial charge is 0.349 e. The van der Waals surface area contributed by atoms with Gasteiger partial charge in [-0.3, -0.25) is 9.59 Å². The van der Waals surface area contributed by atoms with Crippen LogP contribution < -0.4 is 0 Å². The van der Waals surface area contributed by atoms with Crippen molar-refractivity contribution in [2.24, 2.45) is 0 Å². The highest BCUT2D eigenvalue weighted by molar-refractivity contribution is 5.72. The van der Waals surface area contributed by atoms with Crippen LogP contribution >= 0.6 is 0 Å². The second kappa shape index (κ2) is 27.7. The summed E-state index contributed by atoms with van der Waals surface area (Å²) in [7, 11) is 0. The van der Waals surface area contributed by atoms with Crippen LogP contribution in [0.25, 0.3) is 0 Å². The van der Waals surface area contributed by atoms with E-state index in [0.717, 1.165) is 51.4 Å². The zero-order valence-electron chi connectivity index (χ0n) is 29.5. The highest BCUT2D eigenvalue weighted by Gasteiger charge is 2.48. The second-order valence-electron chi connectivity index (χ2n) is 10.3. The molecule has 0 aromatic rings. The van der Waals surface area contributed by atoms with Crippen LogP contribution in [0.3, 0.4) is 0 Å². The van der Waals surface area contributed by atoms with Crippen molar-refractivity contribution in [1.29, 1.82) is 0 Å². The predicted octanol–water partition coefficient (Wildman–Crippen LogP) is 6.62. The van der Waals surface area contributed by atoms with Gasteiger partial charge in [-0.1, -0.05) is 53.4 Å². The molecule has 2 atom stereocenters. The monoisotopic (exact) mass is 652 g/mol. The van der Waals surface area contributed by atoms with Crippen molar-refractivity contribution in [1.82, 2.24) is 0 Å². The van der Waals surface area contributed by atoms with E-state index >= 15 is 0 Å². The van der Waals surface area contributed by atoms with E-state index in [1.807, 2.05) is 27.7 Å². The summed E-state index contributed by atoms with van der Waals surface area (Å²) < 4.78 is 58.8. The molecule has 268 valence electrons. The molecule has 0 aromatic heterocycles. The minimum atomic E-state index is -1.70. The van der Waals surface area contributed by atoms with E-state index < -0.39 is 36.5 Å². The zero-order valence-corrected chi connectivity index (χ0v) is 29.5. The van der Waals surface area contributed by atoms with Gasteiger partial charge >= 0.3 is 23.9 Å². The van der Waals surface area contributed by atoms with Crippen LogP contribution in [0, 0.1) is 0 Å². The Morgan fingerprint density at radius 2 is 0.756 bits per heavy atom. The van der Waals surface area contributed by atoms with Gasteiger partial charge in [0.15, 0.2) is 0 Å². The van der Waals surface area contributed by atoms with Crippen LogP contribution in [0.1, 0.15) is 126 Å². The molecule has 0 aliphatic heterocycles. The number of unbranched alkanes of at least 4 members (excludes halogenated alkanes) is 4. The molecular weight excluding hydrogens is 588 g/mol. The zero-order chi connectivity index (χ0) is 33.8. The maximum Gasteiger partial charge on any atom is 0.349 e. The molecule has 0 aromatic carbocycles. The molecule has 0 rings (SSSR count). The van der Waals surface area contributed by atoms with Gasteiger partial charge in [0.1, 0.15) is 0 Å². The van der Waals surface area contributed by atoms with Crippen LogP contribution in [-0.4, -0.2) is 89.3 Å². The standard InChI is InChI=1S/C33H64O12/c1-9-17-24-36-30(32(38-13-5,39-14-6)42-26-19-11-3)44-28(34)22-21-23-29(35)45-31(37-25-18-10-2)33(40-15-7,41-16-8)43-27-20-12-4/h30-31H,9-27H2,1-8H3. The first kappa shape index (κ1) is 43.6. The fourth-order valence-electron chi connectivity index (χ4n) is 4.00. The SMILES string of the molecule is CCCCOC(OC(=O)CCCC(=O)OC(OCCCC)C(OCC)(OCC)OCCCC)C(OCC)(OCC)OCCCC. The maximum absolute atomic E-state index is 13.0. The first-order valence-corrected chi connectivity index (χ1v) is 17.2. The van der Waals surface area contributed by atoms with E-state index in [4.69, 9.17) is 47.4 Å². The largest absolute Gasteiger partial charge is 0.427 e. The topological polar surface area (TPSA) is 126 Å². The molecule has 12 nitrogen and oxygen atoms in total. The first-order valence-electron chi connectivity index (χ1n) is 17.2. The van der Waals surface area contributed by atoms with E-state index in [0.29, 0.717) is 26.4 Å². The molecule has 0 radical (unpaired) electrons. The van der Waals surface area contributed by atoms with Crippen molar-refractivity contribution in [3.63, 3.8) is 0 Å². The van der Waals surface area contributed by atoms with Crippen LogP contribution in [0.5, 0.6) is 0 Å². The summed E-state index contributed by atoms with van der Waals surface area (Å²) in [6, 6.07) is 0. The van der Waals surface area contributed by atoms with Crippen molar-refractivity contribution in [2.45, 2.75) is 151 Å². The average Bonchev–Trinajstić information content (AvgIpc) is 3.01. The van der Waals surface area contributed by atoms with Gasteiger partial charge in [-0.15, -0.1) is 0 Å². The molecule has 0 saturated carbocycles. The molecular formula is C33H64O12. The lowest BCUT2D eigenvalue weighted by molar-refractivity contribution is -0.448. The normalized spacial score (nSPS) is 13.5. The van der Waals surface area contributed by atoms with Gasteiger partial charge in [0, 0.05) is 39.3 Å². The summed E-state index contributed by atoms with van der Waals surface area (Å²) in [4.78, 5) is 26.0. The molecule has 0 saturated heterocycles. The Kier molecular flexibility index (Phi) is 26.9. The van der Waals surface area contributed by atoms with E-state index in [9.17, 15) is 9.59 Å². The number of carbonyl (C=O) groups excluding carboxylic acids is 2. The molecule has 0 aliphatic carbocycles. The lowest BCUT2D eigenvalue weighted by atomic mass is 10.2. The van der Waals surface area contributed by atoms with Crippen LogP contribution in [-0.2, 0) is 57.0 Å². The van der Waals surface area contributed by atoms with Crippen molar-refractivity contribution in [2.75, 3.05) is 52.9 Å². The summed E-state index contributed by atoms with van der Waals surface area (Å²) in [5, 5.41) is 0. The summed E-state index contributed by atoms with van der Waals surface area (Å²) in [5.74, 6) is -4.60. The highest BCUT2D eigenvalue weighted by atomic mass is 16.9. The number of ether oxygens (including phenoxy) is 10. The quantitative estimate of drug-likeness (QED) is 0.0440. The Balaban J connectivity index is 5.61. The molecule has 0 bridgehead atoms. The first-order chi connectivity index (χ1) is 21.8. The number of rotatable bonds is 32. The number of hydrogen-bond acceptors (Lipinski definition) is 12. The fourth-order valence-corrected chi connectivity index (χ4v) is 4.00. The molecule has 45 heavy (non-hydrogen) atoms. The third kappa shape index (κ3) is 17.9. The summed E-state index contributed by atoms with van der Waals surface area (Å²) in [6.07, 6.45) is 4.08. The van der Waals surface area contributed by atoms with Crippen molar-refractivity contribution >= 4 is 11.9 Å². The minimum Gasteiger partial charge on any atom is -0.427 e. The highest BCUT2D eigenvalue weighted by Crippen LogP contribution is 2.28. The fraction of sp³-hybridized carbons (Fsp3) is 0.939. The molecule has 0 heterocycles. The molecule has 0 spiro atoms. The van der Waals surface area contributed by atoms with Crippen LogP contribution in [0.15, 0.2) is 0 Å². The molecule has 2 unspecified atom stereocenters. The lowest BCUT2D eigenvalue weighted by Crippen LogP contribution is -2.53. The van der Waals surface area contributed by atoms with Crippen LogP contribution in [0.2, 0.25) is 0 Å². The third-order valence-electron chi connectivity index (χ3n) is 6.33. The van der Waals surface area contributed by atoms with E-state index in [-0.39, 0.29) is 45.7 Å². The van der Waals surface area contributed by atoms with Gasteiger partial charge in [-0.05, 0) is 59.8 Å². The van der Waals surface area contributed by atoms with E-state index in [2.05, 4.69) is 0 Å². The van der Waals surface area contributed by atoms with Gasteiger partial charge in [0.2, 0.25) is 0 Å². The predicted molar refractivity (Wildman–Crippen MR) is 169 cm³/mol. The average molecular weight is 653 g/mol. The molecule has 0 amide bonds. The number of esters is 2. The Morgan fingerprint density at radius 3 is 1.04 bits per heavy atom. The second-order valence-corrected chi connectivity index (χ2v) is 10.3. The Hall–Kier alpha value is -1.38. The van der Waals surface area contributed by atoms with Gasteiger partial charge in [0.05, 0.1) is 26.4 Å². The van der Waals surface area contributed by atoms with E-state index in [1.165, 1.54) is 0 Å². The number of carbonyl (C=O) groups is 2. The van der Waals surface area contributed by atoms with Crippen molar-refractivity contribution in [3.05, 3.63) is 0 Å². The lowest BCUT2D eigenvalue weighted by Gasteiger charge is -2.37. The maximum atomic E-state index is 13.0. The molecule has 12 heteroatoms. The van der Waals surface area contributed by atoms with Gasteiger partial charge in [0.25, 0.3) is 12.6 Å². The summed E-state index contributed by atoms with van der Waals surface area (Å²) >= 11 is 0. The Morgan fingerprint density at radius 1 is 0.444 bits per heavy atom. The third-order valence-corrected chi connectivity index (χ3v) is 6.33. The number of hydrogen-bond donors (Lipinski definition) is 0. The summed E-state index contributed by atoms with van der Waals surface area (Å²) in [6.45, 7) is 17.6. The molecule has 0 N–H and O–H groups in total. The van der Waals surface area contributed by atoms with Crippen molar-refractivity contribution in [3.8, 4) is 0 Å². The van der Waals surface area contributed by atoms with Gasteiger partial charge in [-0.25, -0.2) is 0 Å². The minimum absolute atomic E-state index is 0.0809. The van der Waals surface area contributed by atoms with Gasteiger partial charge < -0.3 is 47.4 Å². The van der Waals surface area contributed by atoms with E-state index in [1.54, 1.807) is 27.7 Å². The Labute approximate surface area is 272 Å². The van der Waals surface area contributed by atoms with Gasteiger partial charge in [-0.2, -0.15) is 0 Å². The molecule has 0 aliphatic rings. The molecule has 0 fully saturated rings. The Bertz CT molecular complexity index is 650. The van der Waals surface area contributed by atoms with Crippen molar-refractivity contribution < 1.29 is 57.0 Å².